The highest BCUT2D eigenvalue weighted by atomic mass is 15.4. The van der Waals surface area contributed by atoms with Gasteiger partial charge in [-0.15, -0.1) is 0 Å². The van der Waals surface area contributed by atoms with Gasteiger partial charge in [0.15, 0.2) is 0 Å². The summed E-state index contributed by atoms with van der Waals surface area (Å²) in [4.78, 5) is 5.03. The molecule has 0 unspecified atom stereocenters. The average Bonchev–Trinajstić information content (AvgIpc) is 3.04. The molecule has 2 aliphatic carbocycles. The fourth-order valence-corrected chi connectivity index (χ4v) is 5.13. The Hall–Kier alpha value is -1.58. The number of fused-ring (bicyclic) bond motifs is 8. The lowest BCUT2D eigenvalue weighted by Gasteiger charge is -2.27. The third-order valence-electron chi connectivity index (χ3n) is 6.16. The molecule has 0 N–H and O–H groups in total. The van der Waals surface area contributed by atoms with Gasteiger partial charge in [0.1, 0.15) is 12.1 Å². The number of azo groups is 1. The van der Waals surface area contributed by atoms with Gasteiger partial charge in [-0.3, -0.25) is 0 Å². The molecule has 1 aromatic rings. The van der Waals surface area contributed by atoms with Crippen LogP contribution in [0.25, 0.3) is 0 Å². The van der Waals surface area contributed by atoms with Crippen LogP contribution in [0.1, 0.15) is 20.3 Å². The molecule has 0 amide bonds. The normalized spacial score (nSPS) is 40.8. The molecular weight excluding hydrogens is 260 g/mol. The molecule has 5 rings (SSSR count). The Morgan fingerprint density at radius 1 is 1.00 bits per heavy atom. The van der Waals surface area contributed by atoms with E-state index >= 15 is 0 Å². The maximum Gasteiger partial charge on any atom is 0.100 e. The topological polar surface area (TPSA) is 31.0 Å². The fourth-order valence-electron chi connectivity index (χ4n) is 5.13. The van der Waals surface area contributed by atoms with E-state index in [2.05, 4.69) is 58.1 Å². The second-order valence-corrected chi connectivity index (χ2v) is 6.85. The Morgan fingerprint density at radius 2 is 1.57 bits per heavy atom. The van der Waals surface area contributed by atoms with E-state index < -0.39 is 0 Å². The molecule has 21 heavy (non-hydrogen) atoms. The highest BCUT2D eigenvalue weighted by Gasteiger charge is 2.72. The van der Waals surface area contributed by atoms with Crippen molar-refractivity contribution >= 4 is 11.4 Å². The summed E-state index contributed by atoms with van der Waals surface area (Å²) in [7, 11) is 0. The van der Waals surface area contributed by atoms with E-state index in [-0.39, 0.29) is 0 Å². The molecule has 0 radical (unpaired) electrons. The van der Waals surface area contributed by atoms with Gasteiger partial charge in [0, 0.05) is 36.3 Å². The molecule has 2 saturated carbocycles. The zero-order chi connectivity index (χ0) is 14.1. The third-order valence-corrected chi connectivity index (χ3v) is 6.16. The van der Waals surface area contributed by atoms with E-state index in [1.54, 1.807) is 0 Å². The highest BCUT2D eigenvalue weighted by molar-refractivity contribution is 5.64. The molecule has 4 heteroatoms. The van der Waals surface area contributed by atoms with Crippen LogP contribution >= 0.6 is 0 Å². The molecule has 4 aliphatic rings. The van der Waals surface area contributed by atoms with Crippen LogP contribution in [-0.4, -0.2) is 37.3 Å². The fraction of sp³-hybridized carbons (Fsp3) is 0.647. The summed E-state index contributed by atoms with van der Waals surface area (Å²) < 4.78 is 0. The van der Waals surface area contributed by atoms with Gasteiger partial charge in [-0.25, -0.2) is 0 Å². The molecule has 4 nitrogen and oxygen atoms in total. The number of benzene rings is 1. The van der Waals surface area contributed by atoms with Crippen molar-refractivity contribution in [3.63, 3.8) is 0 Å². The van der Waals surface area contributed by atoms with Crippen molar-refractivity contribution in [1.82, 2.24) is 0 Å². The van der Waals surface area contributed by atoms with Gasteiger partial charge in [0.25, 0.3) is 0 Å². The molecule has 6 atom stereocenters. The summed E-state index contributed by atoms with van der Waals surface area (Å²) in [6.45, 7) is 6.57. The quantitative estimate of drug-likeness (QED) is 0.795. The Balaban J connectivity index is 1.37. The summed E-state index contributed by atoms with van der Waals surface area (Å²) in [5.41, 5.74) is 2.74. The van der Waals surface area contributed by atoms with E-state index in [0.717, 1.165) is 37.0 Å². The van der Waals surface area contributed by atoms with Gasteiger partial charge in [-0.1, -0.05) is 0 Å². The van der Waals surface area contributed by atoms with Crippen molar-refractivity contribution in [1.29, 1.82) is 0 Å². The van der Waals surface area contributed by atoms with E-state index in [9.17, 15) is 0 Å². The Morgan fingerprint density at radius 3 is 2.05 bits per heavy atom. The molecule has 2 bridgehead atoms. The molecule has 1 saturated heterocycles. The summed E-state index contributed by atoms with van der Waals surface area (Å²) in [6, 6.07) is 11.8. The lowest BCUT2D eigenvalue weighted by atomic mass is 9.90. The van der Waals surface area contributed by atoms with E-state index in [0.29, 0.717) is 12.1 Å². The van der Waals surface area contributed by atoms with E-state index in [1.165, 1.54) is 17.8 Å². The third kappa shape index (κ3) is 1.41. The van der Waals surface area contributed by atoms with Crippen molar-refractivity contribution in [2.75, 3.05) is 22.9 Å². The molecular formula is C17H22N4. The Kier molecular flexibility index (Phi) is 2.28. The molecule has 0 aromatic heterocycles. The Labute approximate surface area is 125 Å². The standard InChI is InChI=1S/C17H22N4/c1-3-20(4-2)10-5-7-11(8-6-10)21-16-12-9-13(17(16)21)15-14(12)18-19-15/h5-8,12-17H,3-4,9H2,1-2H3/t12-,13+,14+,15-,16-,17+,21?. The first-order valence-electron chi connectivity index (χ1n) is 8.36. The van der Waals surface area contributed by atoms with E-state index in [1.807, 2.05) is 0 Å². The largest absolute Gasteiger partial charge is 0.372 e. The van der Waals surface area contributed by atoms with Crippen molar-refractivity contribution in [2.45, 2.75) is 44.4 Å². The molecule has 2 heterocycles. The minimum absolute atomic E-state index is 0.566. The van der Waals surface area contributed by atoms with Crippen LogP contribution in [0.15, 0.2) is 34.5 Å². The molecule has 1 aromatic carbocycles. The van der Waals surface area contributed by atoms with Crippen LogP contribution in [0.5, 0.6) is 0 Å². The van der Waals surface area contributed by atoms with Crippen LogP contribution in [0.4, 0.5) is 11.4 Å². The number of hydrogen-bond donors (Lipinski definition) is 0. The number of anilines is 2. The highest BCUT2D eigenvalue weighted by Crippen LogP contribution is 2.63. The second kappa shape index (κ2) is 3.99. The maximum atomic E-state index is 4.37. The lowest BCUT2D eigenvalue weighted by molar-refractivity contribution is 0.315. The molecule has 0 spiro atoms. The summed E-state index contributed by atoms with van der Waals surface area (Å²) in [6.07, 6.45) is 1.37. The van der Waals surface area contributed by atoms with Crippen LogP contribution in [0, 0.1) is 11.8 Å². The van der Waals surface area contributed by atoms with Crippen molar-refractivity contribution in [3.05, 3.63) is 24.3 Å². The van der Waals surface area contributed by atoms with Gasteiger partial charge in [-0.05, 0) is 44.5 Å². The van der Waals surface area contributed by atoms with Gasteiger partial charge in [-0.2, -0.15) is 10.2 Å². The van der Waals surface area contributed by atoms with Crippen LogP contribution in [0.3, 0.4) is 0 Å². The first-order valence-corrected chi connectivity index (χ1v) is 8.36. The minimum Gasteiger partial charge on any atom is -0.372 e. The van der Waals surface area contributed by atoms with Crippen molar-refractivity contribution in [2.24, 2.45) is 22.1 Å². The van der Waals surface area contributed by atoms with Crippen LogP contribution in [0.2, 0.25) is 0 Å². The molecule has 110 valence electrons. The summed E-state index contributed by atoms with van der Waals surface area (Å²) >= 11 is 0. The van der Waals surface area contributed by atoms with Gasteiger partial charge in [0.2, 0.25) is 0 Å². The van der Waals surface area contributed by atoms with Crippen molar-refractivity contribution < 1.29 is 0 Å². The van der Waals surface area contributed by atoms with Gasteiger partial charge < -0.3 is 9.80 Å². The Bertz CT molecular complexity index is 567. The first-order chi connectivity index (χ1) is 10.3. The number of nitrogens with zero attached hydrogens (tertiary/aromatic N) is 4. The first kappa shape index (κ1) is 12.0. The van der Waals surface area contributed by atoms with Gasteiger partial charge >= 0.3 is 0 Å². The predicted octanol–water partition coefficient (Wildman–Crippen LogP) is 2.94. The average molecular weight is 282 g/mol. The summed E-state index contributed by atoms with van der Waals surface area (Å²) in [5, 5.41) is 8.74. The smallest absolute Gasteiger partial charge is 0.100 e. The summed E-state index contributed by atoms with van der Waals surface area (Å²) in [5.74, 6) is 1.56. The lowest BCUT2D eigenvalue weighted by Crippen LogP contribution is -2.39. The predicted molar refractivity (Wildman–Crippen MR) is 84.1 cm³/mol. The zero-order valence-corrected chi connectivity index (χ0v) is 12.7. The number of hydrogen-bond acceptors (Lipinski definition) is 4. The molecule has 3 fully saturated rings. The number of piperidine rings is 1. The SMILES string of the molecule is CCN(CC)c1ccc(N2[C@@H]3[C@@H]4C[C@@H]([C@H]5N=N[C@@H]45)[C@@H]32)cc1. The van der Waals surface area contributed by atoms with Crippen LogP contribution in [-0.2, 0) is 0 Å². The minimum atomic E-state index is 0.566. The second-order valence-electron chi connectivity index (χ2n) is 6.85. The number of rotatable bonds is 4. The van der Waals surface area contributed by atoms with Crippen molar-refractivity contribution in [3.8, 4) is 0 Å². The zero-order valence-electron chi connectivity index (χ0n) is 12.7. The van der Waals surface area contributed by atoms with Gasteiger partial charge in [0.05, 0.1) is 12.1 Å². The van der Waals surface area contributed by atoms with E-state index in [4.69, 9.17) is 0 Å². The maximum absolute atomic E-state index is 4.37. The monoisotopic (exact) mass is 282 g/mol. The van der Waals surface area contributed by atoms with Crippen LogP contribution < -0.4 is 9.80 Å². The molecule has 2 aliphatic heterocycles.